The quantitative estimate of drug-likeness (QED) is 0.157. The van der Waals surface area contributed by atoms with Crippen molar-refractivity contribution in [3.63, 3.8) is 0 Å². The molecule has 4 heteroatoms. The van der Waals surface area contributed by atoms with Crippen molar-refractivity contribution in [3.8, 4) is 6.07 Å². The van der Waals surface area contributed by atoms with Crippen molar-refractivity contribution in [1.82, 2.24) is 9.13 Å². The second-order valence-electron chi connectivity index (χ2n) is 10.4. The van der Waals surface area contributed by atoms with Crippen molar-refractivity contribution in [2.45, 2.75) is 12.1 Å². The van der Waals surface area contributed by atoms with E-state index in [1.54, 1.807) is 6.08 Å². The number of benzene rings is 5. The molecule has 0 spiro atoms. The Kier molecular flexibility index (Phi) is 5.35. The standard InChI is InChI=1S/C37H25N3S/c1-2-29(33(19-11-23-38)40-30-16-7-3-12-24(30)25-13-4-8-17-31(25)40)39-32-18-9-5-15-28(32)36-34(39)22-21-27-26-14-6-10-20-35(26)41-37(27)36/h2-22,29,33H,1H2/b19-11+. The molecule has 5 aromatic carbocycles. The van der Waals surface area contributed by atoms with Crippen LogP contribution in [0.15, 0.2) is 134 Å². The molecule has 2 unspecified atom stereocenters. The van der Waals surface area contributed by atoms with Crippen LogP contribution >= 0.6 is 11.3 Å². The summed E-state index contributed by atoms with van der Waals surface area (Å²) in [5.74, 6) is 0. The number of aromatic nitrogens is 2. The summed E-state index contributed by atoms with van der Waals surface area (Å²) in [6, 6.07) is 40.9. The first-order chi connectivity index (χ1) is 20.3. The predicted molar refractivity (Wildman–Crippen MR) is 175 cm³/mol. The van der Waals surface area contributed by atoms with Crippen LogP contribution in [0.3, 0.4) is 0 Å². The summed E-state index contributed by atoms with van der Waals surface area (Å²) in [4.78, 5) is 0. The maximum atomic E-state index is 9.68. The molecule has 3 heterocycles. The highest BCUT2D eigenvalue weighted by atomic mass is 32.1. The van der Waals surface area contributed by atoms with Crippen LogP contribution in [0.4, 0.5) is 0 Å². The van der Waals surface area contributed by atoms with Gasteiger partial charge in [0.25, 0.3) is 0 Å². The first kappa shape index (κ1) is 23.7. The Morgan fingerprint density at radius 1 is 0.610 bits per heavy atom. The second-order valence-corrected chi connectivity index (χ2v) is 11.5. The average molecular weight is 544 g/mol. The summed E-state index contributed by atoms with van der Waals surface area (Å²) >= 11 is 1.86. The highest BCUT2D eigenvalue weighted by molar-refractivity contribution is 7.26. The molecule has 0 N–H and O–H groups in total. The van der Waals surface area contributed by atoms with Gasteiger partial charge in [0.15, 0.2) is 0 Å². The van der Waals surface area contributed by atoms with Gasteiger partial charge in [-0.3, -0.25) is 0 Å². The Hall–Kier alpha value is -5.11. The molecular formula is C37H25N3S. The van der Waals surface area contributed by atoms with Crippen LogP contribution in [0, 0.1) is 11.3 Å². The molecule has 41 heavy (non-hydrogen) atoms. The van der Waals surface area contributed by atoms with Gasteiger partial charge in [-0.05, 0) is 36.4 Å². The first-order valence-corrected chi connectivity index (χ1v) is 14.6. The number of hydrogen-bond donors (Lipinski definition) is 0. The molecule has 194 valence electrons. The summed E-state index contributed by atoms with van der Waals surface area (Å²) in [6.07, 6.45) is 5.68. The fraction of sp³-hybridized carbons (Fsp3) is 0.0541. The molecule has 3 nitrogen and oxygen atoms in total. The third kappa shape index (κ3) is 3.37. The van der Waals surface area contributed by atoms with E-state index >= 15 is 0 Å². The van der Waals surface area contributed by atoms with Gasteiger partial charge in [-0.25, -0.2) is 0 Å². The third-order valence-electron chi connectivity index (χ3n) is 8.39. The molecule has 0 aliphatic carbocycles. The number of nitrogens with zero attached hydrogens (tertiary/aromatic N) is 3. The predicted octanol–water partition coefficient (Wildman–Crippen LogP) is 10.3. The van der Waals surface area contributed by atoms with E-state index in [0.29, 0.717) is 0 Å². The molecule has 3 aromatic heterocycles. The van der Waals surface area contributed by atoms with E-state index in [9.17, 15) is 5.26 Å². The van der Waals surface area contributed by atoms with E-state index in [4.69, 9.17) is 0 Å². The van der Waals surface area contributed by atoms with Gasteiger partial charge in [0.1, 0.15) is 0 Å². The van der Waals surface area contributed by atoms with Gasteiger partial charge in [0.05, 0.1) is 23.7 Å². The molecule has 8 rings (SSSR count). The van der Waals surface area contributed by atoms with Crippen molar-refractivity contribution < 1.29 is 0 Å². The topological polar surface area (TPSA) is 33.6 Å². The molecule has 8 aromatic rings. The van der Waals surface area contributed by atoms with Gasteiger partial charge in [-0.15, -0.1) is 17.9 Å². The molecule has 0 bridgehead atoms. The van der Waals surface area contributed by atoms with E-state index in [2.05, 4.69) is 131 Å². The van der Waals surface area contributed by atoms with Gasteiger partial charge in [0, 0.05) is 64.3 Å². The molecular weight excluding hydrogens is 518 g/mol. The largest absolute Gasteiger partial charge is 0.331 e. The zero-order valence-corrected chi connectivity index (χ0v) is 23.1. The van der Waals surface area contributed by atoms with Crippen LogP contribution in [0.5, 0.6) is 0 Å². The van der Waals surface area contributed by atoms with Crippen molar-refractivity contribution in [2.75, 3.05) is 0 Å². The lowest BCUT2D eigenvalue weighted by atomic mass is 10.1. The number of hydrogen-bond acceptors (Lipinski definition) is 2. The number of nitriles is 1. The summed E-state index contributed by atoms with van der Waals surface area (Å²) < 4.78 is 7.41. The Morgan fingerprint density at radius 3 is 1.83 bits per heavy atom. The summed E-state index contributed by atoms with van der Waals surface area (Å²) in [5.41, 5.74) is 4.61. The molecule has 0 fully saturated rings. The number of thiophene rings is 1. The lowest BCUT2D eigenvalue weighted by Gasteiger charge is -2.28. The van der Waals surface area contributed by atoms with Crippen molar-refractivity contribution in [1.29, 1.82) is 5.26 Å². The van der Waals surface area contributed by atoms with Crippen LogP contribution in [0.2, 0.25) is 0 Å². The SMILES string of the molecule is C=CC(C(/C=C/C#N)n1c2ccccc2c2ccccc21)n1c2ccccc2c2c3sc4ccccc4c3ccc21. The minimum atomic E-state index is -0.186. The lowest BCUT2D eigenvalue weighted by molar-refractivity contribution is 0.483. The maximum Gasteiger partial charge on any atom is 0.0909 e. The number of para-hydroxylation sites is 3. The van der Waals surface area contributed by atoms with E-state index in [1.807, 2.05) is 23.5 Å². The molecule has 0 saturated heterocycles. The second kappa shape index (κ2) is 9.23. The van der Waals surface area contributed by atoms with E-state index < -0.39 is 0 Å². The maximum absolute atomic E-state index is 9.68. The first-order valence-electron chi connectivity index (χ1n) is 13.8. The van der Waals surface area contributed by atoms with Crippen LogP contribution in [-0.2, 0) is 0 Å². The Morgan fingerprint density at radius 2 is 1.17 bits per heavy atom. The van der Waals surface area contributed by atoms with Crippen molar-refractivity contribution in [3.05, 3.63) is 134 Å². The highest BCUT2D eigenvalue weighted by Gasteiger charge is 2.27. The Balaban J connectivity index is 1.48. The van der Waals surface area contributed by atoms with Crippen LogP contribution in [0.25, 0.3) is 63.8 Å². The molecule has 2 atom stereocenters. The van der Waals surface area contributed by atoms with E-state index in [0.717, 1.165) is 16.6 Å². The van der Waals surface area contributed by atoms with E-state index in [-0.39, 0.29) is 12.1 Å². The summed E-state index contributed by atoms with van der Waals surface area (Å²) in [5, 5.41) is 17.2. The van der Waals surface area contributed by atoms with Gasteiger partial charge in [-0.1, -0.05) is 84.9 Å². The fourth-order valence-corrected chi connectivity index (χ4v) is 8.01. The summed E-state index contributed by atoms with van der Waals surface area (Å²) in [6.45, 7) is 4.38. The molecule has 0 radical (unpaired) electrons. The van der Waals surface area contributed by atoms with Gasteiger partial charge in [0.2, 0.25) is 0 Å². The Labute approximate surface area is 241 Å². The van der Waals surface area contributed by atoms with Gasteiger partial charge < -0.3 is 9.13 Å². The smallest absolute Gasteiger partial charge is 0.0909 e. The van der Waals surface area contributed by atoms with Crippen molar-refractivity contribution in [2.24, 2.45) is 0 Å². The van der Waals surface area contributed by atoms with Gasteiger partial charge >= 0.3 is 0 Å². The zero-order chi connectivity index (χ0) is 27.5. The van der Waals surface area contributed by atoms with Crippen LogP contribution < -0.4 is 0 Å². The number of rotatable bonds is 5. The van der Waals surface area contributed by atoms with E-state index in [1.165, 1.54) is 47.2 Å². The minimum absolute atomic E-state index is 0.159. The molecule has 0 aliphatic heterocycles. The highest BCUT2D eigenvalue weighted by Crippen LogP contribution is 2.45. The third-order valence-corrected chi connectivity index (χ3v) is 9.59. The normalized spacial score (nSPS) is 13.6. The molecule has 0 amide bonds. The number of allylic oxidation sites excluding steroid dienone is 3. The Bertz CT molecular complexity index is 2320. The average Bonchev–Trinajstić information content (AvgIpc) is 3.67. The van der Waals surface area contributed by atoms with Crippen molar-refractivity contribution >= 4 is 75.1 Å². The number of fused-ring (bicyclic) bond motifs is 10. The monoisotopic (exact) mass is 543 g/mol. The zero-order valence-electron chi connectivity index (χ0n) is 22.2. The van der Waals surface area contributed by atoms with Crippen LogP contribution in [0.1, 0.15) is 12.1 Å². The fourth-order valence-electron chi connectivity index (χ4n) is 6.75. The minimum Gasteiger partial charge on any atom is -0.331 e. The molecule has 0 aliphatic rings. The van der Waals surface area contributed by atoms with Crippen LogP contribution in [-0.4, -0.2) is 9.13 Å². The molecule has 0 saturated carbocycles. The summed E-state index contributed by atoms with van der Waals surface area (Å²) in [7, 11) is 0. The lowest BCUT2D eigenvalue weighted by Crippen LogP contribution is -2.20. The van der Waals surface area contributed by atoms with Gasteiger partial charge in [-0.2, -0.15) is 5.26 Å².